The van der Waals surface area contributed by atoms with Crippen molar-refractivity contribution >= 4 is 0 Å². The summed E-state index contributed by atoms with van der Waals surface area (Å²) in [6, 6.07) is 15.5. The number of para-hydroxylation sites is 1. The molecule has 2 heteroatoms. The van der Waals surface area contributed by atoms with Gasteiger partial charge >= 0.3 is 0 Å². The molecule has 0 saturated heterocycles. The molecule has 17 heavy (non-hydrogen) atoms. The third-order valence-electron chi connectivity index (χ3n) is 2.57. The Bertz CT molecular complexity index is 582. The van der Waals surface area contributed by atoms with Gasteiger partial charge in [0.2, 0.25) is 0 Å². The average Bonchev–Trinajstić information content (AvgIpc) is 2.32. The number of aryl methyl sites for hydroxylation is 2. The van der Waals surface area contributed by atoms with E-state index in [1.165, 1.54) is 0 Å². The molecule has 84 valence electrons. The van der Waals surface area contributed by atoms with E-state index in [1.807, 2.05) is 50.2 Å². The Labute approximate surface area is 101 Å². The standard InChI is InChI=1S/C15H13NO/c1-11-7-8-13(10-16)15(9-11)17-14-6-4-3-5-12(14)2/h3-9H,1-2H3. The minimum absolute atomic E-state index is 0.554. The van der Waals surface area contributed by atoms with Gasteiger partial charge in [0, 0.05) is 0 Å². The molecule has 0 aliphatic rings. The molecule has 0 N–H and O–H groups in total. The van der Waals surface area contributed by atoms with Crippen LogP contribution in [0.15, 0.2) is 42.5 Å². The third kappa shape index (κ3) is 2.46. The molecule has 2 rings (SSSR count). The van der Waals surface area contributed by atoms with E-state index in [1.54, 1.807) is 6.07 Å². The first-order valence-electron chi connectivity index (χ1n) is 5.45. The van der Waals surface area contributed by atoms with Crippen LogP contribution in [0, 0.1) is 25.2 Å². The molecule has 0 radical (unpaired) electrons. The summed E-state index contributed by atoms with van der Waals surface area (Å²) >= 11 is 0. The highest BCUT2D eigenvalue weighted by molar-refractivity contribution is 5.48. The highest BCUT2D eigenvalue weighted by Crippen LogP contribution is 2.28. The normalized spacial score (nSPS) is 9.71. The molecule has 0 aliphatic carbocycles. The highest BCUT2D eigenvalue weighted by Gasteiger charge is 2.06. The lowest BCUT2D eigenvalue weighted by Gasteiger charge is -2.10. The summed E-state index contributed by atoms with van der Waals surface area (Å²) < 4.78 is 5.79. The Morgan fingerprint density at radius 3 is 2.47 bits per heavy atom. The number of benzene rings is 2. The van der Waals surface area contributed by atoms with Gasteiger partial charge in [0.15, 0.2) is 0 Å². The predicted molar refractivity (Wildman–Crippen MR) is 67.1 cm³/mol. The largest absolute Gasteiger partial charge is 0.456 e. The number of ether oxygens (including phenoxy) is 1. The molecule has 0 aliphatic heterocycles. The molecule has 0 amide bonds. The van der Waals surface area contributed by atoms with Crippen molar-refractivity contribution in [2.24, 2.45) is 0 Å². The molecule has 0 saturated carbocycles. The Kier molecular flexibility index (Phi) is 3.11. The predicted octanol–water partition coefficient (Wildman–Crippen LogP) is 3.97. The fraction of sp³-hybridized carbons (Fsp3) is 0.133. The fourth-order valence-electron chi connectivity index (χ4n) is 1.60. The van der Waals surface area contributed by atoms with Crippen LogP contribution >= 0.6 is 0 Å². The number of nitriles is 1. The van der Waals surface area contributed by atoms with Gasteiger partial charge < -0.3 is 4.74 Å². The van der Waals surface area contributed by atoms with Gasteiger partial charge in [0.1, 0.15) is 17.6 Å². The summed E-state index contributed by atoms with van der Waals surface area (Å²) in [5.74, 6) is 1.40. The van der Waals surface area contributed by atoms with Gasteiger partial charge in [-0.05, 0) is 43.2 Å². The third-order valence-corrected chi connectivity index (χ3v) is 2.57. The van der Waals surface area contributed by atoms with Crippen molar-refractivity contribution in [3.63, 3.8) is 0 Å². The second kappa shape index (κ2) is 4.71. The smallest absolute Gasteiger partial charge is 0.145 e. The van der Waals surface area contributed by atoms with Crippen LogP contribution in [0.1, 0.15) is 16.7 Å². The quantitative estimate of drug-likeness (QED) is 0.771. The SMILES string of the molecule is Cc1ccc(C#N)c(Oc2ccccc2C)c1. The van der Waals surface area contributed by atoms with Crippen LogP contribution < -0.4 is 4.74 Å². The zero-order chi connectivity index (χ0) is 12.3. The molecule has 2 nitrogen and oxygen atoms in total. The zero-order valence-corrected chi connectivity index (χ0v) is 9.90. The Morgan fingerprint density at radius 2 is 1.76 bits per heavy atom. The van der Waals surface area contributed by atoms with E-state index >= 15 is 0 Å². The first kappa shape index (κ1) is 11.2. The molecule has 0 fully saturated rings. The second-order valence-corrected chi connectivity index (χ2v) is 3.98. The van der Waals surface area contributed by atoms with Crippen molar-refractivity contribution in [3.05, 3.63) is 59.2 Å². The lowest BCUT2D eigenvalue weighted by molar-refractivity contribution is 0.477. The maximum atomic E-state index is 9.03. The summed E-state index contributed by atoms with van der Waals surface area (Å²) in [5, 5.41) is 9.03. The van der Waals surface area contributed by atoms with Crippen LogP contribution in [0.4, 0.5) is 0 Å². The fourth-order valence-corrected chi connectivity index (χ4v) is 1.60. The molecular weight excluding hydrogens is 210 g/mol. The Morgan fingerprint density at radius 1 is 1.00 bits per heavy atom. The van der Waals surface area contributed by atoms with E-state index in [0.717, 1.165) is 16.9 Å². The Hall–Kier alpha value is -2.27. The first-order chi connectivity index (χ1) is 8.20. The molecule has 0 atom stereocenters. The van der Waals surface area contributed by atoms with Crippen LogP contribution in [0.3, 0.4) is 0 Å². The number of nitrogens with zero attached hydrogens (tertiary/aromatic N) is 1. The molecule has 0 aromatic heterocycles. The van der Waals surface area contributed by atoms with Crippen molar-refractivity contribution in [1.29, 1.82) is 5.26 Å². The summed E-state index contributed by atoms with van der Waals surface area (Å²) in [5.41, 5.74) is 2.68. The topological polar surface area (TPSA) is 33.0 Å². The van der Waals surface area contributed by atoms with Gasteiger partial charge in [0.25, 0.3) is 0 Å². The van der Waals surface area contributed by atoms with Crippen molar-refractivity contribution in [1.82, 2.24) is 0 Å². The summed E-state index contributed by atoms with van der Waals surface area (Å²) in [6.07, 6.45) is 0. The summed E-state index contributed by atoms with van der Waals surface area (Å²) in [7, 11) is 0. The number of hydrogen-bond acceptors (Lipinski definition) is 2. The van der Waals surface area contributed by atoms with E-state index < -0.39 is 0 Å². The van der Waals surface area contributed by atoms with Gasteiger partial charge in [-0.15, -0.1) is 0 Å². The average molecular weight is 223 g/mol. The summed E-state index contributed by atoms with van der Waals surface area (Å²) in [6.45, 7) is 3.96. The number of rotatable bonds is 2. The van der Waals surface area contributed by atoms with Crippen LogP contribution in [-0.4, -0.2) is 0 Å². The summed E-state index contributed by atoms with van der Waals surface area (Å²) in [4.78, 5) is 0. The molecule has 0 unspecified atom stereocenters. The van der Waals surface area contributed by atoms with Crippen molar-refractivity contribution in [2.45, 2.75) is 13.8 Å². The minimum Gasteiger partial charge on any atom is -0.456 e. The van der Waals surface area contributed by atoms with Crippen LogP contribution in [0.5, 0.6) is 11.5 Å². The molecular formula is C15H13NO. The van der Waals surface area contributed by atoms with Crippen molar-refractivity contribution in [2.75, 3.05) is 0 Å². The zero-order valence-electron chi connectivity index (χ0n) is 9.90. The van der Waals surface area contributed by atoms with Crippen molar-refractivity contribution < 1.29 is 4.74 Å². The van der Waals surface area contributed by atoms with Crippen molar-refractivity contribution in [3.8, 4) is 17.6 Å². The lowest BCUT2D eigenvalue weighted by Crippen LogP contribution is -1.91. The first-order valence-corrected chi connectivity index (χ1v) is 5.45. The molecule has 2 aromatic rings. The monoisotopic (exact) mass is 223 g/mol. The van der Waals surface area contributed by atoms with Gasteiger partial charge in [-0.2, -0.15) is 5.26 Å². The molecule has 2 aromatic carbocycles. The molecule has 0 spiro atoms. The van der Waals surface area contributed by atoms with E-state index in [0.29, 0.717) is 11.3 Å². The molecule has 0 heterocycles. The van der Waals surface area contributed by atoms with Crippen LogP contribution in [-0.2, 0) is 0 Å². The Balaban J connectivity index is 2.40. The highest BCUT2D eigenvalue weighted by atomic mass is 16.5. The van der Waals surface area contributed by atoms with E-state index in [-0.39, 0.29) is 0 Å². The van der Waals surface area contributed by atoms with Gasteiger partial charge in [-0.3, -0.25) is 0 Å². The molecule has 0 bridgehead atoms. The van der Waals surface area contributed by atoms with Gasteiger partial charge in [0.05, 0.1) is 5.56 Å². The van der Waals surface area contributed by atoms with E-state index in [4.69, 9.17) is 10.00 Å². The van der Waals surface area contributed by atoms with Crippen LogP contribution in [0.2, 0.25) is 0 Å². The van der Waals surface area contributed by atoms with Gasteiger partial charge in [-0.1, -0.05) is 24.3 Å². The van der Waals surface area contributed by atoms with E-state index in [9.17, 15) is 0 Å². The lowest BCUT2D eigenvalue weighted by atomic mass is 10.1. The maximum Gasteiger partial charge on any atom is 0.145 e. The maximum absolute atomic E-state index is 9.03. The minimum atomic E-state index is 0.554. The van der Waals surface area contributed by atoms with Gasteiger partial charge in [-0.25, -0.2) is 0 Å². The second-order valence-electron chi connectivity index (χ2n) is 3.98. The van der Waals surface area contributed by atoms with Crippen LogP contribution in [0.25, 0.3) is 0 Å². The van der Waals surface area contributed by atoms with E-state index in [2.05, 4.69) is 6.07 Å². The number of hydrogen-bond donors (Lipinski definition) is 0.